The zero-order valence-corrected chi connectivity index (χ0v) is 14.8. The summed E-state index contributed by atoms with van der Waals surface area (Å²) in [6.07, 6.45) is 1.69. The molecule has 0 fully saturated rings. The maximum atomic E-state index is 12.6. The predicted molar refractivity (Wildman–Crippen MR) is 103 cm³/mol. The van der Waals surface area contributed by atoms with E-state index in [4.69, 9.17) is 0 Å². The number of carbonyl (C=O) groups is 2. The van der Waals surface area contributed by atoms with Crippen LogP contribution in [0.3, 0.4) is 0 Å². The average Bonchev–Trinajstić information content (AvgIpc) is 3.10. The Kier molecular flexibility index (Phi) is 4.19. The van der Waals surface area contributed by atoms with Crippen molar-refractivity contribution < 1.29 is 9.59 Å². The van der Waals surface area contributed by atoms with Gasteiger partial charge >= 0.3 is 0 Å². The van der Waals surface area contributed by atoms with E-state index in [1.165, 1.54) is 6.92 Å². The Labute approximate surface area is 155 Å². The molecule has 0 atom stereocenters. The number of anilines is 2. The number of rotatable bonds is 3. The van der Waals surface area contributed by atoms with Crippen LogP contribution in [0.15, 0.2) is 47.3 Å². The van der Waals surface area contributed by atoms with Crippen molar-refractivity contribution in [3.05, 3.63) is 64.2 Å². The third-order valence-electron chi connectivity index (χ3n) is 4.52. The molecule has 1 aliphatic rings. The van der Waals surface area contributed by atoms with Gasteiger partial charge in [-0.25, -0.2) is 4.98 Å². The first-order valence-corrected chi connectivity index (χ1v) is 8.74. The molecule has 7 nitrogen and oxygen atoms in total. The molecule has 0 aliphatic carbocycles. The molecule has 1 aromatic heterocycles. The van der Waals surface area contributed by atoms with Gasteiger partial charge in [0, 0.05) is 36.8 Å². The molecule has 0 saturated heterocycles. The topological polar surface area (TPSA) is 93.1 Å². The number of aromatic nitrogens is 2. The number of aryl methyl sites for hydroxylation is 1. The summed E-state index contributed by atoms with van der Waals surface area (Å²) >= 11 is 0. The highest BCUT2D eigenvalue weighted by molar-refractivity contribution is 6.06. The fourth-order valence-electron chi connectivity index (χ4n) is 3.31. The Bertz CT molecular complexity index is 1130. The van der Waals surface area contributed by atoms with E-state index >= 15 is 0 Å². The first-order chi connectivity index (χ1) is 13.0. The van der Waals surface area contributed by atoms with Crippen LogP contribution >= 0.6 is 0 Å². The normalized spacial score (nSPS) is 12.6. The van der Waals surface area contributed by atoms with Crippen molar-refractivity contribution in [2.45, 2.75) is 26.3 Å². The fourth-order valence-corrected chi connectivity index (χ4v) is 3.31. The minimum absolute atomic E-state index is 0.0533. The lowest BCUT2D eigenvalue weighted by atomic mass is 10.1. The van der Waals surface area contributed by atoms with Crippen molar-refractivity contribution in [2.75, 3.05) is 10.6 Å². The second-order valence-corrected chi connectivity index (χ2v) is 6.54. The molecule has 0 spiro atoms. The van der Waals surface area contributed by atoms with Crippen molar-refractivity contribution >= 4 is 34.1 Å². The number of fused-ring (bicyclic) bond motifs is 2. The Morgan fingerprint density at radius 2 is 1.85 bits per heavy atom. The Balaban J connectivity index is 1.62. The van der Waals surface area contributed by atoms with E-state index in [-0.39, 0.29) is 17.4 Å². The van der Waals surface area contributed by atoms with Crippen LogP contribution in [-0.4, -0.2) is 21.4 Å². The molecule has 27 heavy (non-hydrogen) atoms. The van der Waals surface area contributed by atoms with Crippen LogP contribution in [0.1, 0.15) is 29.5 Å². The highest BCUT2D eigenvalue weighted by Gasteiger charge is 2.17. The molecule has 7 heteroatoms. The molecule has 3 aromatic rings. The van der Waals surface area contributed by atoms with Gasteiger partial charge in [-0.3, -0.25) is 19.0 Å². The van der Waals surface area contributed by atoms with Crippen molar-refractivity contribution in [1.82, 2.24) is 9.55 Å². The lowest BCUT2D eigenvalue weighted by molar-refractivity contribution is -0.114. The van der Waals surface area contributed by atoms with Crippen molar-refractivity contribution in [2.24, 2.45) is 0 Å². The number of nitrogens with one attached hydrogen (secondary N) is 2. The summed E-state index contributed by atoms with van der Waals surface area (Å²) in [4.78, 5) is 40.8. The van der Waals surface area contributed by atoms with Crippen LogP contribution in [0, 0.1) is 0 Å². The number of hydrogen-bond acceptors (Lipinski definition) is 4. The second-order valence-electron chi connectivity index (χ2n) is 6.54. The molecule has 4 rings (SSSR count). The van der Waals surface area contributed by atoms with Gasteiger partial charge in [-0.15, -0.1) is 0 Å². The van der Waals surface area contributed by atoms with Crippen LogP contribution in [-0.2, 0) is 17.8 Å². The van der Waals surface area contributed by atoms with Crippen molar-refractivity contribution in [3.63, 3.8) is 0 Å². The van der Waals surface area contributed by atoms with E-state index in [0.29, 0.717) is 34.4 Å². The van der Waals surface area contributed by atoms with Gasteiger partial charge in [-0.2, -0.15) is 0 Å². The van der Waals surface area contributed by atoms with Gasteiger partial charge in [-0.05, 0) is 42.8 Å². The van der Waals surface area contributed by atoms with Crippen molar-refractivity contribution in [3.8, 4) is 0 Å². The highest BCUT2D eigenvalue weighted by Crippen LogP contribution is 2.19. The number of nitrogens with zero attached hydrogens (tertiary/aromatic N) is 2. The van der Waals surface area contributed by atoms with Gasteiger partial charge in [0.15, 0.2) is 0 Å². The van der Waals surface area contributed by atoms with Crippen LogP contribution in [0.5, 0.6) is 0 Å². The summed E-state index contributed by atoms with van der Waals surface area (Å²) in [6, 6.07) is 11.8. The van der Waals surface area contributed by atoms with E-state index in [9.17, 15) is 14.4 Å². The molecular formula is C20H18N4O3. The number of carbonyl (C=O) groups excluding carboxylic acids is 2. The zero-order valence-electron chi connectivity index (χ0n) is 14.8. The SMILES string of the molecule is CC(=O)Nc1cccc(NC(=O)c2ccc3c(=O)n4c(nc3c2)CCC4)c1. The zero-order chi connectivity index (χ0) is 19.0. The highest BCUT2D eigenvalue weighted by atomic mass is 16.2. The summed E-state index contributed by atoms with van der Waals surface area (Å²) in [5, 5.41) is 6.00. The number of amides is 2. The maximum absolute atomic E-state index is 12.6. The van der Waals surface area contributed by atoms with E-state index in [0.717, 1.165) is 18.7 Å². The molecule has 0 bridgehead atoms. The summed E-state index contributed by atoms with van der Waals surface area (Å²) < 4.78 is 1.70. The molecule has 2 N–H and O–H groups in total. The average molecular weight is 362 g/mol. The maximum Gasteiger partial charge on any atom is 0.261 e. The number of hydrogen-bond donors (Lipinski definition) is 2. The van der Waals surface area contributed by atoms with Gasteiger partial charge in [0.25, 0.3) is 11.5 Å². The molecule has 0 saturated carbocycles. The van der Waals surface area contributed by atoms with Gasteiger partial charge in [-0.1, -0.05) is 6.07 Å². The minimum atomic E-state index is -0.306. The predicted octanol–water partition coefficient (Wildman–Crippen LogP) is 2.55. The van der Waals surface area contributed by atoms with Gasteiger partial charge in [0.05, 0.1) is 10.9 Å². The quantitative estimate of drug-likeness (QED) is 0.749. The lowest BCUT2D eigenvalue weighted by Gasteiger charge is -2.09. The lowest BCUT2D eigenvalue weighted by Crippen LogP contribution is -2.21. The van der Waals surface area contributed by atoms with E-state index < -0.39 is 0 Å². The standard InChI is InChI=1S/C20H18N4O3/c1-12(25)21-14-4-2-5-15(11-14)22-19(26)13-7-8-16-17(10-13)23-18-6-3-9-24(18)20(16)27/h2,4-5,7-8,10-11H,3,6,9H2,1H3,(H,21,25)(H,22,26). The first kappa shape index (κ1) is 17.0. The van der Waals surface area contributed by atoms with Crippen LogP contribution in [0.2, 0.25) is 0 Å². The minimum Gasteiger partial charge on any atom is -0.326 e. The van der Waals surface area contributed by atoms with Crippen LogP contribution < -0.4 is 16.2 Å². The molecule has 2 heterocycles. The Hall–Kier alpha value is -3.48. The molecule has 0 unspecified atom stereocenters. The summed E-state index contributed by atoms with van der Waals surface area (Å²) in [5.41, 5.74) is 2.06. The Morgan fingerprint density at radius 3 is 2.63 bits per heavy atom. The van der Waals surface area contributed by atoms with E-state index in [1.807, 2.05) is 0 Å². The molecule has 136 valence electrons. The van der Waals surface area contributed by atoms with Crippen molar-refractivity contribution in [1.29, 1.82) is 0 Å². The van der Waals surface area contributed by atoms with E-state index in [1.54, 1.807) is 47.0 Å². The monoisotopic (exact) mass is 362 g/mol. The number of benzene rings is 2. The van der Waals surface area contributed by atoms with E-state index in [2.05, 4.69) is 15.6 Å². The Morgan fingerprint density at radius 1 is 1.07 bits per heavy atom. The molecule has 0 radical (unpaired) electrons. The smallest absolute Gasteiger partial charge is 0.261 e. The molecule has 2 amide bonds. The molecule has 1 aliphatic heterocycles. The van der Waals surface area contributed by atoms with Gasteiger partial charge in [0.2, 0.25) is 5.91 Å². The fraction of sp³-hybridized carbons (Fsp3) is 0.200. The van der Waals surface area contributed by atoms with Gasteiger partial charge in [0.1, 0.15) is 5.82 Å². The molecular weight excluding hydrogens is 344 g/mol. The molecule has 2 aromatic carbocycles. The third kappa shape index (κ3) is 3.31. The largest absolute Gasteiger partial charge is 0.326 e. The summed E-state index contributed by atoms with van der Waals surface area (Å²) in [5.74, 6) is 0.283. The second kappa shape index (κ2) is 6.68. The first-order valence-electron chi connectivity index (χ1n) is 8.74. The summed E-state index contributed by atoms with van der Waals surface area (Å²) in [7, 11) is 0. The third-order valence-corrected chi connectivity index (χ3v) is 4.52. The van der Waals surface area contributed by atoms with Crippen LogP contribution in [0.4, 0.5) is 11.4 Å². The van der Waals surface area contributed by atoms with Gasteiger partial charge < -0.3 is 10.6 Å². The summed E-state index contributed by atoms with van der Waals surface area (Å²) in [6.45, 7) is 2.12. The van der Waals surface area contributed by atoms with Crippen LogP contribution in [0.25, 0.3) is 10.9 Å².